The second kappa shape index (κ2) is 4.37. The van der Waals surface area contributed by atoms with E-state index in [1.54, 1.807) is 13.8 Å². The Morgan fingerprint density at radius 1 is 1.35 bits per heavy atom. The lowest BCUT2D eigenvalue weighted by atomic mass is 10.0. The summed E-state index contributed by atoms with van der Waals surface area (Å²) >= 11 is 0. The minimum Gasteiger partial charge on any atom is -0.476 e. The summed E-state index contributed by atoms with van der Waals surface area (Å²) in [7, 11) is 1.49. The van der Waals surface area contributed by atoms with E-state index in [-0.39, 0.29) is 17.2 Å². The number of amides is 1. The van der Waals surface area contributed by atoms with Gasteiger partial charge in [0.05, 0.1) is 5.69 Å². The monoisotopic (exact) mass is 288 g/mol. The molecule has 4 nitrogen and oxygen atoms in total. The maximum absolute atomic E-state index is 12.6. The highest BCUT2D eigenvalue weighted by molar-refractivity contribution is 6.01. The van der Waals surface area contributed by atoms with E-state index in [4.69, 9.17) is 10.5 Å². The molecule has 1 heterocycles. The summed E-state index contributed by atoms with van der Waals surface area (Å²) in [6.07, 6.45) is -4.54. The molecule has 0 spiro atoms. The SMILES string of the molecule is CN1C(=O)C(C)(C)Oc2ccc(C(N)C(F)(F)F)cc21. The van der Waals surface area contributed by atoms with Crippen molar-refractivity contribution in [3.63, 3.8) is 0 Å². The molecule has 1 aliphatic heterocycles. The maximum atomic E-state index is 12.6. The van der Waals surface area contributed by atoms with Crippen molar-refractivity contribution in [2.75, 3.05) is 11.9 Å². The molecule has 0 radical (unpaired) electrons. The predicted molar refractivity (Wildman–Crippen MR) is 67.5 cm³/mol. The third-order valence-electron chi connectivity index (χ3n) is 3.24. The first kappa shape index (κ1) is 14.6. The summed E-state index contributed by atoms with van der Waals surface area (Å²) in [5.74, 6) is 0.0259. The standard InChI is InChI=1S/C13H15F3N2O2/c1-12(2)11(19)18(3)8-6-7(4-5-9(8)20-12)10(17)13(14,15)16/h4-6,10H,17H2,1-3H3. The number of anilines is 1. The van der Waals surface area contributed by atoms with Crippen LogP contribution in [0.25, 0.3) is 0 Å². The Kier molecular flexibility index (Phi) is 3.20. The van der Waals surface area contributed by atoms with Crippen molar-refractivity contribution in [2.45, 2.75) is 31.7 Å². The normalized spacial score (nSPS) is 19.4. The lowest BCUT2D eigenvalue weighted by Crippen LogP contribution is -2.51. The molecule has 0 saturated carbocycles. The number of rotatable bonds is 1. The van der Waals surface area contributed by atoms with Gasteiger partial charge >= 0.3 is 6.18 Å². The minimum atomic E-state index is -4.54. The molecule has 7 heteroatoms. The molecule has 1 aromatic carbocycles. The molecule has 0 bridgehead atoms. The lowest BCUT2D eigenvalue weighted by molar-refractivity contribution is -0.149. The molecule has 20 heavy (non-hydrogen) atoms. The second-order valence-electron chi connectivity index (χ2n) is 5.22. The third kappa shape index (κ3) is 2.33. The Labute approximate surface area is 114 Å². The largest absolute Gasteiger partial charge is 0.476 e. The number of hydrogen-bond acceptors (Lipinski definition) is 3. The van der Waals surface area contributed by atoms with Crippen LogP contribution in [0.4, 0.5) is 18.9 Å². The van der Waals surface area contributed by atoms with Gasteiger partial charge in [-0.15, -0.1) is 0 Å². The number of halogens is 3. The van der Waals surface area contributed by atoms with E-state index in [9.17, 15) is 18.0 Å². The van der Waals surface area contributed by atoms with Crippen molar-refractivity contribution in [1.29, 1.82) is 0 Å². The van der Waals surface area contributed by atoms with E-state index in [2.05, 4.69) is 0 Å². The second-order valence-corrected chi connectivity index (χ2v) is 5.22. The molecule has 2 rings (SSSR count). The topological polar surface area (TPSA) is 55.6 Å². The van der Waals surface area contributed by atoms with Crippen LogP contribution in [0.3, 0.4) is 0 Å². The van der Waals surface area contributed by atoms with Gasteiger partial charge in [0.2, 0.25) is 0 Å². The smallest absolute Gasteiger partial charge is 0.407 e. The first-order chi connectivity index (χ1) is 9.04. The molecule has 1 amide bonds. The summed E-state index contributed by atoms with van der Waals surface area (Å²) in [6, 6.07) is 1.81. The number of carbonyl (C=O) groups excluding carboxylic acids is 1. The van der Waals surface area contributed by atoms with Crippen molar-refractivity contribution < 1.29 is 22.7 Å². The number of likely N-dealkylation sites (N-methyl/N-ethyl adjacent to an activating group) is 1. The highest BCUT2D eigenvalue weighted by Gasteiger charge is 2.41. The first-order valence-electron chi connectivity index (χ1n) is 5.97. The minimum absolute atomic E-state index is 0.112. The van der Waals surface area contributed by atoms with Crippen molar-refractivity contribution in [3.05, 3.63) is 23.8 Å². The van der Waals surface area contributed by atoms with Crippen molar-refractivity contribution in [1.82, 2.24) is 0 Å². The highest BCUT2D eigenvalue weighted by atomic mass is 19.4. The number of hydrogen-bond donors (Lipinski definition) is 1. The summed E-state index contributed by atoms with van der Waals surface area (Å²) in [6.45, 7) is 3.20. The average Bonchev–Trinajstić information content (AvgIpc) is 2.33. The van der Waals surface area contributed by atoms with E-state index in [0.29, 0.717) is 5.75 Å². The van der Waals surface area contributed by atoms with Gasteiger partial charge in [-0.25, -0.2) is 0 Å². The van der Waals surface area contributed by atoms with Crippen molar-refractivity contribution >= 4 is 11.6 Å². The van der Waals surface area contributed by atoms with E-state index in [0.717, 1.165) is 0 Å². The fourth-order valence-corrected chi connectivity index (χ4v) is 2.10. The van der Waals surface area contributed by atoms with Gasteiger partial charge in [-0.05, 0) is 31.5 Å². The van der Waals surface area contributed by atoms with Crippen LogP contribution in [0.1, 0.15) is 25.5 Å². The average molecular weight is 288 g/mol. The van der Waals surface area contributed by atoms with Crippen LogP contribution in [0.15, 0.2) is 18.2 Å². The Balaban J connectivity index is 2.46. The number of carbonyl (C=O) groups is 1. The fourth-order valence-electron chi connectivity index (χ4n) is 2.10. The number of fused-ring (bicyclic) bond motifs is 1. The molecule has 1 aromatic rings. The predicted octanol–water partition coefficient (Wildman–Crippen LogP) is 2.38. The van der Waals surface area contributed by atoms with Crippen LogP contribution in [-0.4, -0.2) is 24.7 Å². The van der Waals surface area contributed by atoms with Crippen LogP contribution >= 0.6 is 0 Å². The molecule has 0 fully saturated rings. The van der Waals surface area contributed by atoms with Gasteiger partial charge in [0.1, 0.15) is 11.8 Å². The number of nitrogens with two attached hydrogens (primary N) is 1. The summed E-state index contributed by atoms with van der Waals surface area (Å²) in [5, 5.41) is 0. The number of ether oxygens (including phenoxy) is 1. The zero-order valence-electron chi connectivity index (χ0n) is 11.3. The Morgan fingerprint density at radius 2 is 1.95 bits per heavy atom. The van der Waals surface area contributed by atoms with Crippen LogP contribution in [0, 0.1) is 0 Å². The van der Waals surface area contributed by atoms with Crippen LogP contribution < -0.4 is 15.4 Å². The Bertz CT molecular complexity index is 555. The third-order valence-corrected chi connectivity index (χ3v) is 3.24. The molecule has 110 valence electrons. The molecule has 0 saturated heterocycles. The molecular weight excluding hydrogens is 273 g/mol. The molecular formula is C13H15F3N2O2. The van der Waals surface area contributed by atoms with Crippen molar-refractivity contribution in [3.8, 4) is 5.75 Å². The molecule has 0 aromatic heterocycles. The Hall–Kier alpha value is -1.76. The van der Waals surface area contributed by atoms with Crippen LogP contribution in [0.2, 0.25) is 0 Å². The lowest BCUT2D eigenvalue weighted by Gasteiger charge is -2.37. The molecule has 1 aliphatic rings. The number of nitrogens with zero attached hydrogens (tertiary/aromatic N) is 1. The summed E-state index contributed by atoms with van der Waals surface area (Å²) < 4.78 is 43.4. The Morgan fingerprint density at radius 3 is 2.50 bits per heavy atom. The molecule has 1 unspecified atom stereocenters. The van der Waals surface area contributed by atoms with Gasteiger partial charge in [-0.1, -0.05) is 6.07 Å². The highest BCUT2D eigenvalue weighted by Crippen LogP contribution is 2.40. The van der Waals surface area contributed by atoms with Gasteiger partial charge < -0.3 is 15.4 Å². The van der Waals surface area contributed by atoms with Gasteiger partial charge in [0.15, 0.2) is 5.60 Å². The molecule has 0 aliphatic carbocycles. The van der Waals surface area contributed by atoms with Gasteiger partial charge in [-0.3, -0.25) is 4.79 Å². The van der Waals surface area contributed by atoms with Crippen molar-refractivity contribution in [2.24, 2.45) is 5.73 Å². The zero-order valence-corrected chi connectivity index (χ0v) is 11.3. The van der Waals surface area contributed by atoms with E-state index < -0.39 is 17.8 Å². The zero-order chi connectivity index (χ0) is 15.3. The van der Waals surface area contributed by atoms with Crippen LogP contribution in [-0.2, 0) is 4.79 Å². The van der Waals surface area contributed by atoms with E-state index in [1.807, 2.05) is 0 Å². The van der Waals surface area contributed by atoms with E-state index >= 15 is 0 Å². The van der Waals surface area contributed by atoms with Gasteiger partial charge in [0, 0.05) is 7.05 Å². The van der Waals surface area contributed by atoms with Crippen LogP contribution in [0.5, 0.6) is 5.75 Å². The first-order valence-corrected chi connectivity index (χ1v) is 5.97. The number of alkyl halides is 3. The summed E-state index contributed by atoms with van der Waals surface area (Å²) in [4.78, 5) is 13.3. The number of benzene rings is 1. The molecule has 2 N–H and O–H groups in total. The van der Waals surface area contributed by atoms with Gasteiger partial charge in [0.25, 0.3) is 5.91 Å². The quantitative estimate of drug-likeness (QED) is 0.863. The molecule has 1 atom stereocenters. The maximum Gasteiger partial charge on any atom is 0.407 e. The summed E-state index contributed by atoms with van der Waals surface area (Å²) in [5.41, 5.74) is 4.30. The van der Waals surface area contributed by atoms with E-state index in [1.165, 1.54) is 30.1 Å². The van der Waals surface area contributed by atoms with Gasteiger partial charge in [-0.2, -0.15) is 13.2 Å². The fraction of sp³-hybridized carbons (Fsp3) is 0.462.